The zero-order valence-corrected chi connectivity index (χ0v) is 15.3. The Hall–Kier alpha value is -2.37. The number of anilines is 1. The number of hydrogen-bond acceptors (Lipinski definition) is 4. The maximum atomic E-state index is 12.6. The van der Waals surface area contributed by atoms with Crippen molar-refractivity contribution in [2.45, 2.75) is 33.6 Å². The number of benzene rings is 1. The van der Waals surface area contributed by atoms with Crippen LogP contribution in [0.2, 0.25) is 0 Å². The van der Waals surface area contributed by atoms with Crippen LogP contribution in [0.3, 0.4) is 0 Å². The summed E-state index contributed by atoms with van der Waals surface area (Å²) in [6, 6.07) is 5.17. The van der Waals surface area contributed by atoms with E-state index in [4.69, 9.17) is 4.74 Å². The van der Waals surface area contributed by atoms with E-state index in [0.717, 1.165) is 0 Å². The molecule has 0 radical (unpaired) electrons. The number of nitrogens with zero attached hydrogens (tertiary/aromatic N) is 1. The van der Waals surface area contributed by atoms with Crippen LogP contribution in [-0.4, -0.2) is 42.9 Å². The van der Waals surface area contributed by atoms with Crippen LogP contribution in [0.15, 0.2) is 18.2 Å². The van der Waals surface area contributed by atoms with Crippen LogP contribution >= 0.6 is 0 Å². The summed E-state index contributed by atoms with van der Waals surface area (Å²) in [6.07, 6.45) is 1.31. The molecule has 1 saturated heterocycles. The van der Waals surface area contributed by atoms with Gasteiger partial charge in [-0.15, -0.1) is 0 Å². The number of hydrogen-bond donors (Lipinski definition) is 1. The van der Waals surface area contributed by atoms with Gasteiger partial charge < -0.3 is 15.0 Å². The van der Waals surface area contributed by atoms with Gasteiger partial charge in [0.05, 0.1) is 12.7 Å². The Balaban J connectivity index is 2.00. The molecule has 2 amide bonds. The highest BCUT2D eigenvalue weighted by Gasteiger charge is 2.28. The fraction of sp³-hybridized carbons (Fsp3) is 0.526. The third-order valence-corrected chi connectivity index (χ3v) is 4.67. The van der Waals surface area contributed by atoms with Crippen LogP contribution in [0.1, 0.15) is 42.6 Å². The van der Waals surface area contributed by atoms with E-state index in [1.54, 1.807) is 25.1 Å². The molecule has 1 aromatic carbocycles. The van der Waals surface area contributed by atoms with Gasteiger partial charge in [0.25, 0.3) is 0 Å². The number of methoxy groups -OCH3 is 1. The van der Waals surface area contributed by atoms with E-state index < -0.39 is 5.97 Å². The van der Waals surface area contributed by atoms with Gasteiger partial charge in [0.2, 0.25) is 11.8 Å². The number of nitrogens with one attached hydrogen (secondary N) is 1. The van der Waals surface area contributed by atoms with E-state index in [0.29, 0.717) is 42.7 Å². The van der Waals surface area contributed by atoms with E-state index in [1.165, 1.54) is 7.11 Å². The van der Waals surface area contributed by atoms with Crippen molar-refractivity contribution in [3.8, 4) is 0 Å². The van der Waals surface area contributed by atoms with Gasteiger partial charge in [0.1, 0.15) is 0 Å². The van der Waals surface area contributed by atoms with Gasteiger partial charge in [-0.3, -0.25) is 9.59 Å². The maximum absolute atomic E-state index is 12.6. The lowest BCUT2D eigenvalue weighted by Gasteiger charge is -2.32. The first-order valence-corrected chi connectivity index (χ1v) is 8.62. The molecular formula is C19H26N2O4. The molecule has 1 aromatic rings. The highest BCUT2D eigenvalue weighted by molar-refractivity contribution is 5.97. The predicted molar refractivity (Wildman–Crippen MR) is 95.3 cm³/mol. The lowest BCUT2D eigenvalue weighted by atomic mass is 9.94. The molecule has 0 bridgehead atoms. The minimum absolute atomic E-state index is 0.0194. The van der Waals surface area contributed by atoms with Crippen molar-refractivity contribution >= 4 is 23.5 Å². The number of amides is 2. The largest absolute Gasteiger partial charge is 0.465 e. The quantitative estimate of drug-likeness (QED) is 0.850. The number of carbonyl (C=O) groups excluding carboxylic acids is 3. The van der Waals surface area contributed by atoms with Gasteiger partial charge in [-0.25, -0.2) is 4.79 Å². The molecule has 25 heavy (non-hydrogen) atoms. The Morgan fingerprint density at radius 2 is 1.84 bits per heavy atom. The molecule has 1 heterocycles. The fourth-order valence-corrected chi connectivity index (χ4v) is 3.06. The molecule has 0 spiro atoms. The summed E-state index contributed by atoms with van der Waals surface area (Å²) in [4.78, 5) is 38.2. The molecular weight excluding hydrogens is 320 g/mol. The van der Waals surface area contributed by atoms with Crippen molar-refractivity contribution in [1.29, 1.82) is 0 Å². The molecule has 1 fully saturated rings. The minimum Gasteiger partial charge on any atom is -0.465 e. The minimum atomic E-state index is -0.422. The van der Waals surface area contributed by atoms with E-state index in [2.05, 4.69) is 5.32 Å². The highest BCUT2D eigenvalue weighted by Crippen LogP contribution is 2.24. The van der Waals surface area contributed by atoms with Crippen LogP contribution in [0.25, 0.3) is 0 Å². The summed E-state index contributed by atoms with van der Waals surface area (Å²) in [5.41, 5.74) is 1.75. The maximum Gasteiger partial charge on any atom is 0.338 e. The van der Waals surface area contributed by atoms with Crippen molar-refractivity contribution in [2.75, 3.05) is 25.5 Å². The predicted octanol–water partition coefficient (Wildman–Crippen LogP) is 2.61. The molecule has 6 heteroatoms. The fourth-order valence-electron chi connectivity index (χ4n) is 3.06. The molecule has 0 saturated carbocycles. The van der Waals surface area contributed by atoms with E-state index in [9.17, 15) is 14.4 Å². The summed E-state index contributed by atoms with van der Waals surface area (Å²) < 4.78 is 4.76. The number of likely N-dealkylation sites (tertiary alicyclic amines) is 1. The number of esters is 1. The summed E-state index contributed by atoms with van der Waals surface area (Å²) in [7, 11) is 1.33. The van der Waals surface area contributed by atoms with Crippen molar-refractivity contribution < 1.29 is 19.1 Å². The average molecular weight is 346 g/mol. The second kappa shape index (κ2) is 8.14. The second-order valence-electron chi connectivity index (χ2n) is 6.71. The van der Waals surface area contributed by atoms with Crippen LogP contribution in [0.4, 0.5) is 5.69 Å². The molecule has 0 aromatic heterocycles. The topological polar surface area (TPSA) is 75.7 Å². The zero-order valence-electron chi connectivity index (χ0n) is 15.3. The first-order chi connectivity index (χ1) is 11.8. The van der Waals surface area contributed by atoms with Gasteiger partial charge in [0, 0.05) is 30.6 Å². The van der Waals surface area contributed by atoms with Crippen molar-refractivity contribution in [3.05, 3.63) is 29.3 Å². The number of rotatable bonds is 4. The smallest absolute Gasteiger partial charge is 0.338 e. The molecule has 6 nitrogen and oxygen atoms in total. The van der Waals surface area contributed by atoms with E-state index in [-0.39, 0.29) is 23.7 Å². The van der Waals surface area contributed by atoms with Crippen LogP contribution in [0.5, 0.6) is 0 Å². The molecule has 0 atom stereocenters. The summed E-state index contributed by atoms with van der Waals surface area (Å²) >= 11 is 0. The van der Waals surface area contributed by atoms with E-state index in [1.807, 2.05) is 18.7 Å². The van der Waals surface area contributed by atoms with Crippen LogP contribution in [-0.2, 0) is 14.3 Å². The van der Waals surface area contributed by atoms with Gasteiger partial charge >= 0.3 is 5.97 Å². The molecule has 1 aliphatic rings. The van der Waals surface area contributed by atoms with Gasteiger partial charge in [-0.1, -0.05) is 19.9 Å². The van der Waals surface area contributed by atoms with Crippen LogP contribution < -0.4 is 5.32 Å². The first kappa shape index (κ1) is 19.0. The van der Waals surface area contributed by atoms with Crippen molar-refractivity contribution in [1.82, 2.24) is 4.90 Å². The molecule has 2 rings (SSSR count). The molecule has 136 valence electrons. The van der Waals surface area contributed by atoms with Gasteiger partial charge in [-0.2, -0.15) is 0 Å². The Morgan fingerprint density at radius 1 is 1.20 bits per heavy atom. The summed E-state index contributed by atoms with van der Waals surface area (Å²) in [5, 5.41) is 2.92. The van der Waals surface area contributed by atoms with Gasteiger partial charge in [0.15, 0.2) is 0 Å². The lowest BCUT2D eigenvalue weighted by molar-refractivity contribution is -0.137. The first-order valence-electron chi connectivity index (χ1n) is 8.62. The highest BCUT2D eigenvalue weighted by atomic mass is 16.5. The summed E-state index contributed by atoms with van der Waals surface area (Å²) in [6.45, 7) is 6.77. The van der Waals surface area contributed by atoms with Crippen molar-refractivity contribution in [3.63, 3.8) is 0 Å². The number of piperidine rings is 1. The Bertz CT molecular complexity index is 661. The number of carbonyl (C=O) groups is 3. The Morgan fingerprint density at radius 3 is 2.40 bits per heavy atom. The second-order valence-corrected chi connectivity index (χ2v) is 6.71. The van der Waals surface area contributed by atoms with Gasteiger partial charge in [-0.05, 0) is 37.5 Å². The Kier molecular flexibility index (Phi) is 6.17. The SMILES string of the molecule is COC(=O)c1cccc(NC(=O)C2CCN(C(=O)C(C)C)CC2)c1C. The van der Waals surface area contributed by atoms with E-state index >= 15 is 0 Å². The zero-order chi connectivity index (χ0) is 18.6. The third-order valence-electron chi connectivity index (χ3n) is 4.67. The molecule has 0 unspecified atom stereocenters. The molecule has 0 aliphatic carbocycles. The molecule has 1 aliphatic heterocycles. The summed E-state index contributed by atoms with van der Waals surface area (Å²) in [5.74, 6) is -0.497. The Labute approximate surface area is 148 Å². The number of ether oxygens (including phenoxy) is 1. The average Bonchev–Trinajstić information content (AvgIpc) is 2.62. The normalized spacial score (nSPS) is 15.2. The third kappa shape index (κ3) is 4.38. The monoisotopic (exact) mass is 346 g/mol. The molecule has 1 N–H and O–H groups in total. The van der Waals surface area contributed by atoms with Crippen molar-refractivity contribution in [2.24, 2.45) is 11.8 Å². The van der Waals surface area contributed by atoms with Crippen LogP contribution in [0, 0.1) is 18.8 Å². The standard InChI is InChI=1S/C19H26N2O4/c1-12(2)18(23)21-10-8-14(9-11-21)17(22)20-16-7-5-6-15(13(16)3)19(24)25-4/h5-7,12,14H,8-11H2,1-4H3,(H,20,22). The lowest BCUT2D eigenvalue weighted by Crippen LogP contribution is -2.43.